The topological polar surface area (TPSA) is 38.9 Å². The van der Waals surface area contributed by atoms with Gasteiger partial charge in [-0.2, -0.15) is 0 Å². The minimum Gasteiger partial charge on any atom is -0.326 e. The quantitative estimate of drug-likeness (QED) is 0.822. The average molecular weight is 300 g/mol. The number of nitrogens with zero attached hydrogens (tertiary/aromatic N) is 1. The van der Waals surface area contributed by atoms with Gasteiger partial charge >= 0.3 is 0 Å². The maximum atomic E-state index is 6.37. The summed E-state index contributed by atoms with van der Waals surface area (Å²) < 4.78 is 0. The number of thioether (sulfide) groups is 1. The first kappa shape index (κ1) is 16.1. The van der Waals surface area contributed by atoms with Crippen LogP contribution in [0.4, 0.5) is 0 Å². The van der Waals surface area contributed by atoms with Gasteiger partial charge in [0.15, 0.2) is 0 Å². The normalized spacial score (nSPS) is 14.0. The van der Waals surface area contributed by atoms with Gasteiger partial charge in [0, 0.05) is 11.7 Å². The highest BCUT2D eigenvalue weighted by atomic mass is 32.2. The second-order valence-corrected chi connectivity index (χ2v) is 6.81. The molecule has 2 unspecified atom stereocenters. The number of pyridine rings is 1. The summed E-state index contributed by atoms with van der Waals surface area (Å²) in [4.78, 5) is 4.65. The third kappa shape index (κ3) is 4.32. The van der Waals surface area contributed by atoms with Gasteiger partial charge in [0.05, 0.1) is 10.3 Å². The van der Waals surface area contributed by atoms with E-state index in [1.165, 1.54) is 16.7 Å². The van der Waals surface area contributed by atoms with E-state index in [1.54, 1.807) is 11.8 Å². The van der Waals surface area contributed by atoms with Gasteiger partial charge in [-0.05, 0) is 50.5 Å². The van der Waals surface area contributed by atoms with Crippen LogP contribution in [0, 0.1) is 20.8 Å². The van der Waals surface area contributed by atoms with Crippen LogP contribution in [0.5, 0.6) is 0 Å². The van der Waals surface area contributed by atoms with E-state index in [1.807, 2.05) is 6.92 Å². The van der Waals surface area contributed by atoms with Crippen molar-refractivity contribution in [3.8, 4) is 0 Å². The van der Waals surface area contributed by atoms with Crippen LogP contribution in [-0.4, -0.2) is 11.0 Å². The van der Waals surface area contributed by atoms with E-state index in [4.69, 9.17) is 5.73 Å². The minimum absolute atomic E-state index is 0.124. The number of aryl methyl sites for hydroxylation is 3. The molecular formula is C18H24N2S. The zero-order valence-electron chi connectivity index (χ0n) is 13.3. The van der Waals surface area contributed by atoms with Gasteiger partial charge in [-0.25, -0.2) is 4.98 Å². The summed E-state index contributed by atoms with van der Waals surface area (Å²) in [6.45, 7) is 8.42. The molecule has 112 valence electrons. The van der Waals surface area contributed by atoms with Crippen molar-refractivity contribution < 1.29 is 0 Å². The molecule has 0 bridgehead atoms. The van der Waals surface area contributed by atoms with Crippen LogP contribution in [0.25, 0.3) is 0 Å². The second-order valence-electron chi connectivity index (χ2n) is 5.65. The van der Waals surface area contributed by atoms with E-state index < -0.39 is 0 Å². The van der Waals surface area contributed by atoms with E-state index in [0.29, 0.717) is 0 Å². The molecule has 0 aliphatic carbocycles. The molecule has 1 heterocycles. The van der Waals surface area contributed by atoms with Crippen LogP contribution in [0.1, 0.15) is 41.0 Å². The highest BCUT2D eigenvalue weighted by Crippen LogP contribution is 2.37. The molecule has 3 heteroatoms. The molecule has 0 fully saturated rings. The first-order chi connectivity index (χ1) is 9.99. The van der Waals surface area contributed by atoms with Gasteiger partial charge in [-0.15, -0.1) is 0 Å². The molecule has 1 aromatic heterocycles. The fourth-order valence-electron chi connectivity index (χ4n) is 2.46. The van der Waals surface area contributed by atoms with E-state index in [-0.39, 0.29) is 11.3 Å². The summed E-state index contributed by atoms with van der Waals surface area (Å²) in [7, 11) is 0. The Balaban J connectivity index is 2.32. The SMILES string of the molecule is CCC(N)C(Sc1cc(C)cc(C)n1)c1cccc(C)c1. The lowest BCUT2D eigenvalue weighted by Gasteiger charge is -2.23. The first-order valence-corrected chi connectivity index (χ1v) is 8.31. The third-order valence-corrected chi connectivity index (χ3v) is 4.88. The van der Waals surface area contributed by atoms with Gasteiger partial charge in [0.1, 0.15) is 0 Å². The Morgan fingerprint density at radius 2 is 1.86 bits per heavy atom. The van der Waals surface area contributed by atoms with Gasteiger partial charge in [0.25, 0.3) is 0 Å². The Kier molecular flexibility index (Phi) is 5.43. The Morgan fingerprint density at radius 1 is 1.10 bits per heavy atom. The Hall–Kier alpha value is -1.32. The van der Waals surface area contributed by atoms with Crippen LogP contribution in [-0.2, 0) is 0 Å². The lowest BCUT2D eigenvalue weighted by atomic mass is 10.0. The first-order valence-electron chi connectivity index (χ1n) is 7.43. The van der Waals surface area contributed by atoms with Gasteiger partial charge in [0.2, 0.25) is 0 Å². The molecule has 0 radical (unpaired) electrons. The predicted octanol–water partition coefficient (Wildman–Crippen LogP) is 4.58. The Morgan fingerprint density at radius 3 is 2.48 bits per heavy atom. The molecule has 0 saturated heterocycles. The van der Waals surface area contributed by atoms with E-state index in [2.05, 4.69) is 62.2 Å². The summed E-state index contributed by atoms with van der Waals surface area (Å²) in [6, 6.07) is 13.0. The molecule has 2 rings (SSSR count). The predicted molar refractivity (Wildman–Crippen MR) is 91.8 cm³/mol. The molecule has 21 heavy (non-hydrogen) atoms. The number of rotatable bonds is 5. The molecule has 0 aliphatic rings. The molecule has 2 nitrogen and oxygen atoms in total. The van der Waals surface area contributed by atoms with Crippen LogP contribution in [0.15, 0.2) is 41.4 Å². The Bertz CT molecular complexity index is 590. The largest absolute Gasteiger partial charge is 0.326 e. The van der Waals surface area contributed by atoms with Crippen LogP contribution in [0.2, 0.25) is 0 Å². The highest BCUT2D eigenvalue weighted by Gasteiger charge is 2.21. The fourth-order valence-corrected chi connectivity index (χ4v) is 3.82. The summed E-state index contributed by atoms with van der Waals surface area (Å²) in [5, 5.41) is 1.30. The smallest absolute Gasteiger partial charge is 0.0972 e. The van der Waals surface area contributed by atoms with Crippen molar-refractivity contribution in [2.75, 3.05) is 0 Å². The van der Waals surface area contributed by atoms with Crippen molar-refractivity contribution in [2.45, 2.75) is 50.4 Å². The van der Waals surface area contributed by atoms with Gasteiger partial charge in [-0.3, -0.25) is 0 Å². The van der Waals surface area contributed by atoms with E-state index >= 15 is 0 Å². The molecule has 0 saturated carbocycles. The zero-order chi connectivity index (χ0) is 15.4. The molecule has 0 amide bonds. The van der Waals surface area contributed by atoms with Crippen molar-refractivity contribution in [3.05, 3.63) is 58.8 Å². The summed E-state index contributed by atoms with van der Waals surface area (Å²) in [6.07, 6.45) is 0.955. The fraction of sp³-hybridized carbons (Fsp3) is 0.389. The lowest BCUT2D eigenvalue weighted by molar-refractivity contribution is 0.633. The zero-order valence-corrected chi connectivity index (χ0v) is 14.1. The van der Waals surface area contributed by atoms with Crippen molar-refractivity contribution in [3.63, 3.8) is 0 Å². The molecule has 2 N–H and O–H groups in total. The van der Waals surface area contributed by atoms with Crippen LogP contribution < -0.4 is 5.73 Å². The molecular weight excluding hydrogens is 276 g/mol. The summed E-state index contributed by atoms with van der Waals surface area (Å²) in [5.41, 5.74) is 11.2. The number of hydrogen-bond acceptors (Lipinski definition) is 3. The van der Waals surface area contributed by atoms with Crippen molar-refractivity contribution in [2.24, 2.45) is 5.73 Å². The third-order valence-electron chi connectivity index (χ3n) is 3.55. The van der Waals surface area contributed by atoms with Crippen molar-refractivity contribution in [1.29, 1.82) is 0 Å². The number of hydrogen-bond donors (Lipinski definition) is 1. The lowest BCUT2D eigenvalue weighted by Crippen LogP contribution is -2.25. The van der Waals surface area contributed by atoms with Gasteiger partial charge in [-0.1, -0.05) is 48.5 Å². The summed E-state index contributed by atoms with van der Waals surface area (Å²) in [5.74, 6) is 0. The number of benzene rings is 1. The number of nitrogens with two attached hydrogens (primary N) is 1. The molecule has 2 aromatic rings. The molecule has 1 aromatic carbocycles. The monoisotopic (exact) mass is 300 g/mol. The molecule has 0 spiro atoms. The summed E-state index contributed by atoms with van der Waals surface area (Å²) >= 11 is 1.78. The maximum Gasteiger partial charge on any atom is 0.0972 e. The maximum absolute atomic E-state index is 6.37. The van der Waals surface area contributed by atoms with Crippen LogP contribution in [0.3, 0.4) is 0 Å². The van der Waals surface area contributed by atoms with Crippen molar-refractivity contribution >= 4 is 11.8 Å². The standard InChI is InChI=1S/C18H24N2S/c1-5-16(19)18(15-8-6-7-12(2)10-15)21-17-11-13(3)9-14(4)20-17/h6-11,16,18H,5,19H2,1-4H3. The van der Waals surface area contributed by atoms with Gasteiger partial charge < -0.3 is 5.73 Å². The molecule has 0 aliphatic heterocycles. The average Bonchev–Trinajstić information content (AvgIpc) is 2.43. The van der Waals surface area contributed by atoms with E-state index in [9.17, 15) is 0 Å². The second kappa shape index (κ2) is 7.10. The van der Waals surface area contributed by atoms with Crippen LogP contribution >= 0.6 is 11.8 Å². The van der Waals surface area contributed by atoms with E-state index in [0.717, 1.165) is 17.1 Å². The van der Waals surface area contributed by atoms with Crippen molar-refractivity contribution in [1.82, 2.24) is 4.98 Å². The minimum atomic E-state index is 0.124. The molecule has 2 atom stereocenters. The highest BCUT2D eigenvalue weighted by molar-refractivity contribution is 7.99. The Labute approximate surface area is 132 Å². The number of aromatic nitrogens is 1.